The number of halogens is 1. The van der Waals surface area contributed by atoms with Crippen molar-refractivity contribution in [3.8, 4) is 17.9 Å². The molecule has 0 aliphatic rings. The van der Waals surface area contributed by atoms with Gasteiger partial charge in [0.25, 0.3) is 0 Å². The van der Waals surface area contributed by atoms with E-state index in [4.69, 9.17) is 26.9 Å². The van der Waals surface area contributed by atoms with Crippen LogP contribution in [-0.4, -0.2) is 6.61 Å². The molecular weight excluding hydrogens is 212 g/mol. The predicted molar refractivity (Wildman–Crippen MR) is 56.5 cm³/mol. The zero-order valence-corrected chi connectivity index (χ0v) is 8.79. The number of ether oxygens (including phenoxy) is 1. The van der Waals surface area contributed by atoms with Crippen LogP contribution in [0.5, 0.6) is 5.75 Å². The molecule has 0 saturated heterocycles. The summed E-state index contributed by atoms with van der Waals surface area (Å²) in [4.78, 5) is 0. The molecule has 0 aromatic heterocycles. The summed E-state index contributed by atoms with van der Waals surface area (Å²) in [6.45, 7) is 0.419. The molecular formula is C11H9ClN2O. The molecule has 1 aromatic carbocycles. The molecule has 0 atom stereocenters. The highest BCUT2D eigenvalue weighted by Crippen LogP contribution is 2.25. The fraction of sp³-hybridized carbons (Fsp3) is 0.273. The number of rotatable bonds is 4. The van der Waals surface area contributed by atoms with Crippen LogP contribution in [0.3, 0.4) is 0 Å². The van der Waals surface area contributed by atoms with E-state index < -0.39 is 0 Å². The van der Waals surface area contributed by atoms with Crippen LogP contribution in [-0.2, 0) is 0 Å². The molecule has 0 N–H and O–H groups in total. The number of hydrogen-bond donors (Lipinski definition) is 0. The van der Waals surface area contributed by atoms with E-state index in [0.29, 0.717) is 35.8 Å². The van der Waals surface area contributed by atoms with Gasteiger partial charge in [0.15, 0.2) is 0 Å². The Morgan fingerprint density at radius 3 is 2.80 bits per heavy atom. The molecule has 0 radical (unpaired) electrons. The van der Waals surface area contributed by atoms with Gasteiger partial charge in [-0.2, -0.15) is 10.5 Å². The summed E-state index contributed by atoms with van der Waals surface area (Å²) < 4.78 is 5.35. The van der Waals surface area contributed by atoms with Gasteiger partial charge in [-0.15, -0.1) is 0 Å². The Kier molecular flexibility index (Phi) is 4.47. The molecule has 0 saturated carbocycles. The van der Waals surface area contributed by atoms with Gasteiger partial charge in [-0.1, -0.05) is 17.7 Å². The Labute approximate surface area is 93.5 Å². The predicted octanol–water partition coefficient (Wildman–Crippen LogP) is 2.89. The van der Waals surface area contributed by atoms with E-state index in [0.717, 1.165) is 0 Å². The fourth-order valence-electron chi connectivity index (χ4n) is 1.07. The average Bonchev–Trinajstić information content (AvgIpc) is 2.24. The van der Waals surface area contributed by atoms with Gasteiger partial charge in [0.2, 0.25) is 0 Å². The van der Waals surface area contributed by atoms with E-state index in [1.165, 1.54) is 0 Å². The lowest BCUT2D eigenvalue weighted by Gasteiger charge is -2.07. The third kappa shape index (κ3) is 3.16. The van der Waals surface area contributed by atoms with Crippen molar-refractivity contribution in [3.63, 3.8) is 0 Å². The minimum atomic E-state index is 0.344. The second-order valence-electron chi connectivity index (χ2n) is 2.83. The van der Waals surface area contributed by atoms with Crippen LogP contribution in [0, 0.1) is 22.7 Å². The van der Waals surface area contributed by atoms with Crippen molar-refractivity contribution in [1.29, 1.82) is 10.5 Å². The number of unbranched alkanes of at least 4 members (excludes halogenated alkanes) is 1. The maximum atomic E-state index is 8.84. The molecule has 76 valence electrons. The Morgan fingerprint density at radius 2 is 2.13 bits per heavy atom. The van der Waals surface area contributed by atoms with E-state index in [-0.39, 0.29) is 0 Å². The number of nitriles is 2. The highest BCUT2D eigenvalue weighted by atomic mass is 35.5. The molecule has 0 fully saturated rings. The molecule has 1 rings (SSSR count). The summed E-state index contributed by atoms with van der Waals surface area (Å²) in [6.07, 6.45) is 1.09. The third-order valence-corrected chi connectivity index (χ3v) is 2.09. The van der Waals surface area contributed by atoms with Gasteiger partial charge in [-0.3, -0.25) is 0 Å². The SMILES string of the molecule is N#CCCCOc1cccc(Cl)c1C#N. The molecule has 0 heterocycles. The zero-order valence-electron chi connectivity index (χ0n) is 8.03. The summed E-state index contributed by atoms with van der Waals surface area (Å²) in [5.41, 5.74) is 0.344. The molecule has 0 amide bonds. The van der Waals surface area contributed by atoms with Gasteiger partial charge in [-0.05, 0) is 18.6 Å². The van der Waals surface area contributed by atoms with E-state index in [2.05, 4.69) is 0 Å². The topological polar surface area (TPSA) is 56.8 Å². The van der Waals surface area contributed by atoms with Gasteiger partial charge in [-0.25, -0.2) is 0 Å². The minimum absolute atomic E-state index is 0.344. The van der Waals surface area contributed by atoms with Crippen LogP contribution < -0.4 is 4.74 Å². The van der Waals surface area contributed by atoms with Gasteiger partial charge in [0.1, 0.15) is 17.4 Å². The number of hydrogen-bond acceptors (Lipinski definition) is 3. The van der Waals surface area contributed by atoms with Crippen molar-refractivity contribution in [3.05, 3.63) is 28.8 Å². The Morgan fingerprint density at radius 1 is 1.33 bits per heavy atom. The first-order valence-electron chi connectivity index (χ1n) is 4.48. The second kappa shape index (κ2) is 5.90. The van der Waals surface area contributed by atoms with E-state index in [1.54, 1.807) is 18.2 Å². The monoisotopic (exact) mass is 220 g/mol. The molecule has 15 heavy (non-hydrogen) atoms. The molecule has 0 bridgehead atoms. The fourth-order valence-corrected chi connectivity index (χ4v) is 1.27. The van der Waals surface area contributed by atoms with Gasteiger partial charge in [0.05, 0.1) is 17.7 Å². The molecule has 0 spiro atoms. The quantitative estimate of drug-likeness (QED) is 0.733. The lowest BCUT2D eigenvalue weighted by atomic mass is 10.2. The molecule has 0 unspecified atom stereocenters. The van der Waals surface area contributed by atoms with Crippen molar-refractivity contribution in [2.45, 2.75) is 12.8 Å². The Hall–Kier alpha value is -1.71. The molecule has 4 heteroatoms. The van der Waals surface area contributed by atoms with Crippen LogP contribution in [0.15, 0.2) is 18.2 Å². The molecule has 3 nitrogen and oxygen atoms in total. The van der Waals surface area contributed by atoms with Crippen molar-refractivity contribution < 1.29 is 4.74 Å². The van der Waals surface area contributed by atoms with Crippen LogP contribution in [0.1, 0.15) is 18.4 Å². The highest BCUT2D eigenvalue weighted by molar-refractivity contribution is 6.31. The summed E-state index contributed by atoms with van der Waals surface area (Å²) in [5.74, 6) is 0.475. The third-order valence-electron chi connectivity index (χ3n) is 1.78. The Balaban J connectivity index is 2.66. The van der Waals surface area contributed by atoms with Crippen molar-refractivity contribution in [2.75, 3.05) is 6.61 Å². The van der Waals surface area contributed by atoms with Gasteiger partial charge >= 0.3 is 0 Å². The van der Waals surface area contributed by atoms with E-state index >= 15 is 0 Å². The summed E-state index contributed by atoms with van der Waals surface area (Å²) in [5, 5.41) is 17.5. The first-order valence-corrected chi connectivity index (χ1v) is 4.85. The van der Waals surface area contributed by atoms with Crippen LogP contribution in [0.25, 0.3) is 0 Å². The highest BCUT2D eigenvalue weighted by Gasteiger charge is 2.06. The molecule has 1 aromatic rings. The lowest BCUT2D eigenvalue weighted by molar-refractivity contribution is 0.312. The zero-order chi connectivity index (χ0) is 11.1. The van der Waals surface area contributed by atoms with Crippen molar-refractivity contribution in [1.82, 2.24) is 0 Å². The summed E-state index contributed by atoms with van der Waals surface area (Å²) in [6, 6.07) is 9.06. The first kappa shape index (κ1) is 11.4. The number of benzene rings is 1. The van der Waals surface area contributed by atoms with E-state index in [1.807, 2.05) is 12.1 Å². The largest absolute Gasteiger partial charge is 0.492 e. The van der Waals surface area contributed by atoms with Crippen LogP contribution in [0.2, 0.25) is 5.02 Å². The summed E-state index contributed by atoms with van der Waals surface area (Å²) >= 11 is 5.81. The van der Waals surface area contributed by atoms with Crippen LogP contribution in [0.4, 0.5) is 0 Å². The van der Waals surface area contributed by atoms with E-state index in [9.17, 15) is 0 Å². The molecule has 0 aliphatic heterocycles. The summed E-state index contributed by atoms with van der Waals surface area (Å²) in [7, 11) is 0. The maximum absolute atomic E-state index is 8.84. The smallest absolute Gasteiger partial charge is 0.138 e. The van der Waals surface area contributed by atoms with Gasteiger partial charge < -0.3 is 4.74 Å². The normalized spacial score (nSPS) is 9.00. The molecule has 0 aliphatic carbocycles. The first-order chi connectivity index (χ1) is 7.29. The maximum Gasteiger partial charge on any atom is 0.138 e. The average molecular weight is 221 g/mol. The Bertz CT molecular complexity index is 418. The second-order valence-corrected chi connectivity index (χ2v) is 3.24. The van der Waals surface area contributed by atoms with Crippen LogP contribution >= 0.6 is 11.6 Å². The standard InChI is InChI=1S/C11H9ClN2O/c12-10-4-3-5-11(9(10)8-14)15-7-2-1-6-13/h3-5H,1-2,7H2. The lowest BCUT2D eigenvalue weighted by Crippen LogP contribution is -1.98. The van der Waals surface area contributed by atoms with Gasteiger partial charge in [0, 0.05) is 6.42 Å². The van der Waals surface area contributed by atoms with Crippen molar-refractivity contribution >= 4 is 11.6 Å². The minimum Gasteiger partial charge on any atom is -0.492 e. The van der Waals surface area contributed by atoms with Crippen molar-refractivity contribution in [2.24, 2.45) is 0 Å². The number of nitrogens with zero attached hydrogens (tertiary/aromatic N) is 2.